The summed E-state index contributed by atoms with van der Waals surface area (Å²) in [5.41, 5.74) is 6.62. The second-order valence-electron chi connectivity index (χ2n) is 4.90. The molecule has 0 aliphatic rings. The van der Waals surface area contributed by atoms with Crippen LogP contribution < -0.4 is 10.5 Å². The molecule has 25 heavy (non-hydrogen) atoms. The molecule has 0 amide bonds. The van der Waals surface area contributed by atoms with Crippen LogP contribution in [0.1, 0.15) is 13.8 Å². The molecule has 2 aromatic rings. The number of anilines is 1. The summed E-state index contributed by atoms with van der Waals surface area (Å²) in [5, 5.41) is 9.88. The van der Waals surface area contributed by atoms with Crippen LogP contribution in [0.3, 0.4) is 0 Å². The van der Waals surface area contributed by atoms with Crippen LogP contribution in [0.25, 0.3) is 11.2 Å². The molecule has 1 atom stereocenters. The van der Waals surface area contributed by atoms with Crippen LogP contribution in [0.4, 0.5) is 5.82 Å². The molecule has 0 fully saturated rings. The molecule has 0 spiro atoms. The number of aliphatic hydroxyl groups excluding tert-OH is 1. The lowest BCUT2D eigenvalue weighted by Crippen LogP contribution is -2.24. The Morgan fingerprint density at radius 1 is 1.28 bits per heavy atom. The summed E-state index contributed by atoms with van der Waals surface area (Å²) in [7, 11) is -3.31. The molecule has 12 heteroatoms. The number of aliphatic hydroxyl groups is 1. The zero-order chi connectivity index (χ0) is 18.3. The molecule has 2 heterocycles. The smallest absolute Gasteiger partial charge is 0.356 e. The third kappa shape index (κ3) is 5.62. The molecule has 0 radical (unpaired) electrons. The van der Waals surface area contributed by atoms with Crippen molar-refractivity contribution in [1.82, 2.24) is 19.9 Å². The largest absolute Gasteiger partial charge is 0.461 e. The number of nitrogens with two attached hydrogens (primary N) is 1. The van der Waals surface area contributed by atoms with E-state index in [4.69, 9.17) is 24.3 Å². The van der Waals surface area contributed by atoms with Crippen molar-refractivity contribution in [3.63, 3.8) is 0 Å². The van der Waals surface area contributed by atoms with Crippen LogP contribution in [0.5, 0.6) is 6.01 Å². The van der Waals surface area contributed by atoms with Crippen LogP contribution in [-0.4, -0.2) is 63.9 Å². The van der Waals surface area contributed by atoms with Crippen LogP contribution in [-0.2, 0) is 18.3 Å². The van der Waals surface area contributed by atoms with Crippen molar-refractivity contribution < 1.29 is 28.2 Å². The van der Waals surface area contributed by atoms with Gasteiger partial charge >= 0.3 is 13.6 Å². The molecule has 2 rings (SSSR count). The third-order valence-corrected chi connectivity index (χ3v) is 4.71. The Morgan fingerprint density at radius 2 is 2.00 bits per heavy atom. The summed E-state index contributed by atoms with van der Waals surface area (Å²) in [5.74, 6) is 0.192. The first-order chi connectivity index (χ1) is 12.0. The summed E-state index contributed by atoms with van der Waals surface area (Å²) in [6, 6.07) is -0.00884. The van der Waals surface area contributed by atoms with Gasteiger partial charge in [-0.05, 0) is 13.8 Å². The second kappa shape index (κ2) is 9.07. The number of hydrogen-bond acceptors (Lipinski definition) is 10. The van der Waals surface area contributed by atoms with Gasteiger partial charge in [-0.2, -0.15) is 9.97 Å². The molecule has 1 unspecified atom stereocenters. The van der Waals surface area contributed by atoms with E-state index in [2.05, 4.69) is 19.9 Å². The first-order valence-electron chi connectivity index (χ1n) is 7.70. The number of aromatic amines is 1. The number of rotatable bonds is 11. The lowest BCUT2D eigenvalue weighted by atomic mass is 10.4. The lowest BCUT2D eigenvalue weighted by Gasteiger charge is -2.18. The number of nitrogen functional groups attached to an aromatic ring is 1. The number of imidazole rings is 1. The summed E-state index contributed by atoms with van der Waals surface area (Å²) in [6.07, 6.45) is 0.197. The highest BCUT2D eigenvalue weighted by Gasteiger charge is 2.24. The van der Waals surface area contributed by atoms with E-state index in [1.54, 1.807) is 13.8 Å². The van der Waals surface area contributed by atoms with Gasteiger partial charge in [-0.1, -0.05) is 0 Å². The summed E-state index contributed by atoms with van der Waals surface area (Å²) < 4.78 is 32.8. The highest BCUT2D eigenvalue weighted by Crippen LogP contribution is 2.47. The van der Waals surface area contributed by atoms with E-state index in [-0.39, 0.29) is 44.6 Å². The Hall–Kier alpha value is -1.78. The molecule has 0 saturated carbocycles. The lowest BCUT2D eigenvalue weighted by molar-refractivity contribution is 0.0180. The first-order valence-corrected chi connectivity index (χ1v) is 9.43. The second-order valence-corrected chi connectivity index (χ2v) is 6.90. The minimum absolute atomic E-state index is 0.00884. The molecule has 0 bridgehead atoms. The van der Waals surface area contributed by atoms with Crippen LogP contribution in [0, 0.1) is 0 Å². The molecular weight excluding hydrogens is 353 g/mol. The van der Waals surface area contributed by atoms with Crippen LogP contribution in [0.15, 0.2) is 6.33 Å². The van der Waals surface area contributed by atoms with Crippen LogP contribution >= 0.6 is 7.60 Å². The third-order valence-electron chi connectivity index (χ3n) is 2.91. The van der Waals surface area contributed by atoms with E-state index in [1.165, 1.54) is 6.33 Å². The van der Waals surface area contributed by atoms with Crippen molar-refractivity contribution >= 4 is 24.6 Å². The quantitative estimate of drug-likeness (QED) is 0.483. The normalized spacial score (nSPS) is 13.2. The number of aromatic nitrogens is 4. The molecule has 0 aliphatic heterocycles. The maximum Gasteiger partial charge on any atom is 0.356 e. The van der Waals surface area contributed by atoms with Gasteiger partial charge in [-0.25, -0.2) is 4.98 Å². The molecule has 0 aliphatic carbocycles. The minimum Gasteiger partial charge on any atom is -0.461 e. The number of hydrogen-bond donors (Lipinski definition) is 3. The van der Waals surface area contributed by atoms with Crippen LogP contribution in [0.2, 0.25) is 0 Å². The predicted molar refractivity (Wildman–Crippen MR) is 89.3 cm³/mol. The van der Waals surface area contributed by atoms with Gasteiger partial charge < -0.3 is 34.3 Å². The molecule has 140 valence electrons. The van der Waals surface area contributed by atoms with Crippen molar-refractivity contribution in [2.24, 2.45) is 0 Å². The number of ether oxygens (including phenoxy) is 2. The van der Waals surface area contributed by atoms with E-state index in [0.717, 1.165) is 0 Å². The predicted octanol–water partition coefficient (Wildman–Crippen LogP) is 0.915. The number of fused-ring (bicyclic) bond motifs is 1. The van der Waals surface area contributed by atoms with E-state index >= 15 is 0 Å². The van der Waals surface area contributed by atoms with Gasteiger partial charge in [-0.15, -0.1) is 0 Å². The molecule has 4 N–H and O–H groups in total. The Balaban J connectivity index is 1.79. The Labute approximate surface area is 144 Å². The monoisotopic (exact) mass is 375 g/mol. The number of H-pyrrole nitrogens is 1. The highest BCUT2D eigenvalue weighted by atomic mass is 31.2. The van der Waals surface area contributed by atoms with E-state index in [1.807, 2.05) is 0 Å². The molecule has 11 nitrogen and oxygen atoms in total. The van der Waals surface area contributed by atoms with Gasteiger partial charge in [0, 0.05) is 0 Å². The zero-order valence-electron chi connectivity index (χ0n) is 14.0. The zero-order valence-corrected chi connectivity index (χ0v) is 14.9. The maximum atomic E-state index is 12.2. The fourth-order valence-corrected chi connectivity index (χ4v) is 3.26. The molecule has 2 aromatic heterocycles. The van der Waals surface area contributed by atoms with Crippen molar-refractivity contribution in [2.45, 2.75) is 20.0 Å². The first kappa shape index (κ1) is 19.5. The van der Waals surface area contributed by atoms with E-state index in [9.17, 15) is 9.67 Å². The Bertz CT molecular complexity index is 716. The Morgan fingerprint density at radius 3 is 2.68 bits per heavy atom. The fourth-order valence-electron chi connectivity index (χ4n) is 1.92. The van der Waals surface area contributed by atoms with Crippen molar-refractivity contribution in [1.29, 1.82) is 0 Å². The molecule has 0 saturated heterocycles. The number of nitrogens with one attached hydrogen (secondary N) is 1. The topological polar surface area (TPSA) is 155 Å². The average molecular weight is 375 g/mol. The van der Waals surface area contributed by atoms with Gasteiger partial charge in [-0.3, -0.25) is 4.57 Å². The maximum absolute atomic E-state index is 12.2. The minimum atomic E-state index is -3.31. The standard InChI is InChI=1S/C13H22N5O6P/c1-3-23-25(20,24-4-2)8-21-5-9(19)6-22-13-17-11(14)10-12(18-13)16-7-15-10/h7,9,19H,3-6,8H2,1-2H3,(H3,14,15,16,17,18). The average Bonchev–Trinajstić information content (AvgIpc) is 3.02. The number of nitrogens with zero attached hydrogens (tertiary/aromatic N) is 3. The Kier molecular flexibility index (Phi) is 7.09. The van der Waals surface area contributed by atoms with Gasteiger partial charge in [0.1, 0.15) is 24.6 Å². The van der Waals surface area contributed by atoms with Crippen molar-refractivity contribution in [3.05, 3.63) is 6.33 Å². The van der Waals surface area contributed by atoms with E-state index < -0.39 is 13.7 Å². The summed E-state index contributed by atoms with van der Waals surface area (Å²) in [6.45, 7) is 3.63. The molecule has 0 aromatic carbocycles. The SMILES string of the molecule is CCOP(=O)(COCC(O)COc1nc(N)c2[nH]cnc2n1)OCC. The van der Waals surface area contributed by atoms with Gasteiger partial charge in [0.15, 0.2) is 11.5 Å². The van der Waals surface area contributed by atoms with Crippen molar-refractivity contribution in [3.8, 4) is 6.01 Å². The van der Waals surface area contributed by atoms with Gasteiger partial charge in [0.25, 0.3) is 0 Å². The summed E-state index contributed by atoms with van der Waals surface area (Å²) in [4.78, 5) is 14.8. The highest BCUT2D eigenvalue weighted by molar-refractivity contribution is 7.53. The fraction of sp³-hybridized carbons (Fsp3) is 0.615. The van der Waals surface area contributed by atoms with Gasteiger partial charge in [0.05, 0.1) is 26.1 Å². The van der Waals surface area contributed by atoms with E-state index in [0.29, 0.717) is 11.2 Å². The van der Waals surface area contributed by atoms with Gasteiger partial charge in [0.2, 0.25) is 0 Å². The summed E-state index contributed by atoms with van der Waals surface area (Å²) >= 11 is 0. The van der Waals surface area contributed by atoms with Crippen molar-refractivity contribution in [2.75, 3.05) is 38.5 Å². The molecular formula is C13H22N5O6P.